The largest absolute Gasteiger partial charge is 0.484 e. The van der Waals surface area contributed by atoms with Crippen LogP contribution in [0, 0.1) is 5.82 Å². The van der Waals surface area contributed by atoms with Crippen LogP contribution < -0.4 is 4.74 Å². The van der Waals surface area contributed by atoms with Gasteiger partial charge in [0.25, 0.3) is 0 Å². The number of nitrogens with zero attached hydrogens (tertiary/aromatic N) is 4. The molecule has 1 aliphatic rings. The molecule has 0 spiro atoms. The van der Waals surface area contributed by atoms with E-state index in [4.69, 9.17) is 25.7 Å². The van der Waals surface area contributed by atoms with E-state index in [0.717, 1.165) is 28.7 Å². The first kappa shape index (κ1) is 17.9. The first-order valence-electron chi connectivity index (χ1n) is 9.48. The minimum Gasteiger partial charge on any atom is -0.484 e. The number of furan rings is 1. The number of aryl methyl sites for hydroxylation is 2. The van der Waals surface area contributed by atoms with Gasteiger partial charge in [-0.3, -0.25) is 0 Å². The fraction of sp³-hybridized carbons (Fsp3) is 0.190. The smallest absolute Gasteiger partial charge is 0.217 e. The third-order valence-electron chi connectivity index (χ3n) is 5.19. The minimum atomic E-state index is -0.412. The fourth-order valence-corrected chi connectivity index (χ4v) is 5.26. The lowest BCUT2D eigenvalue weighted by atomic mass is 10.2. The van der Waals surface area contributed by atoms with Crippen molar-refractivity contribution in [2.75, 3.05) is 0 Å². The van der Waals surface area contributed by atoms with Crippen LogP contribution in [0.1, 0.15) is 22.6 Å². The van der Waals surface area contributed by atoms with Gasteiger partial charge in [-0.15, -0.1) is 16.4 Å². The zero-order chi connectivity index (χ0) is 20.2. The molecule has 30 heavy (non-hydrogen) atoms. The van der Waals surface area contributed by atoms with Gasteiger partial charge in [0.15, 0.2) is 11.4 Å². The van der Waals surface area contributed by atoms with Crippen LogP contribution in [0.5, 0.6) is 5.75 Å². The molecule has 6 rings (SSSR count). The van der Waals surface area contributed by atoms with E-state index >= 15 is 0 Å². The van der Waals surface area contributed by atoms with Gasteiger partial charge in [-0.25, -0.2) is 18.9 Å². The summed E-state index contributed by atoms with van der Waals surface area (Å²) in [6, 6.07) is 7.60. The summed E-state index contributed by atoms with van der Waals surface area (Å²) in [5.41, 5.74) is 2.17. The molecule has 0 atom stereocenters. The normalized spacial score (nSPS) is 13.4. The molecule has 6 nitrogen and oxygen atoms in total. The molecule has 4 aromatic heterocycles. The molecule has 0 amide bonds. The zero-order valence-corrected chi connectivity index (χ0v) is 17.1. The first-order chi connectivity index (χ1) is 14.7. The second-order valence-electron chi connectivity index (χ2n) is 7.12. The predicted molar refractivity (Wildman–Crippen MR) is 112 cm³/mol. The van der Waals surface area contributed by atoms with Crippen molar-refractivity contribution in [1.29, 1.82) is 0 Å². The van der Waals surface area contributed by atoms with Crippen LogP contribution in [-0.2, 0) is 19.4 Å². The van der Waals surface area contributed by atoms with Crippen molar-refractivity contribution in [2.45, 2.75) is 25.9 Å². The molecular formula is C21H14ClFN4O2S. The lowest BCUT2D eigenvalue weighted by Gasteiger charge is -2.05. The summed E-state index contributed by atoms with van der Waals surface area (Å²) in [6.45, 7) is 0.155. The molecule has 0 aliphatic heterocycles. The van der Waals surface area contributed by atoms with Crippen LogP contribution in [0.15, 0.2) is 41.1 Å². The number of hydrogen-bond donors (Lipinski definition) is 0. The van der Waals surface area contributed by atoms with E-state index in [1.807, 2.05) is 6.07 Å². The van der Waals surface area contributed by atoms with Crippen molar-refractivity contribution in [3.8, 4) is 17.3 Å². The topological polar surface area (TPSA) is 65.5 Å². The lowest BCUT2D eigenvalue weighted by Crippen LogP contribution is -1.94. The SMILES string of the molecule is Fc1ccc(OCc2ccc(-c3nc4c5c6c(sc5ncn4n3)CCC6)o2)c(Cl)c1. The molecule has 1 aromatic carbocycles. The summed E-state index contributed by atoms with van der Waals surface area (Å²) in [7, 11) is 0. The number of hydrogen-bond acceptors (Lipinski definition) is 6. The molecule has 0 unspecified atom stereocenters. The molecule has 0 N–H and O–H groups in total. The van der Waals surface area contributed by atoms with Crippen LogP contribution in [0.3, 0.4) is 0 Å². The average molecular weight is 441 g/mol. The minimum absolute atomic E-state index is 0.155. The van der Waals surface area contributed by atoms with E-state index in [-0.39, 0.29) is 11.6 Å². The third kappa shape index (κ3) is 2.86. The molecule has 0 bridgehead atoms. The Labute approximate surface area is 178 Å². The van der Waals surface area contributed by atoms with Crippen molar-refractivity contribution in [2.24, 2.45) is 0 Å². The van der Waals surface area contributed by atoms with Gasteiger partial charge < -0.3 is 9.15 Å². The van der Waals surface area contributed by atoms with E-state index in [1.54, 1.807) is 28.2 Å². The zero-order valence-electron chi connectivity index (χ0n) is 15.6. The lowest BCUT2D eigenvalue weighted by molar-refractivity contribution is 0.271. The van der Waals surface area contributed by atoms with E-state index in [9.17, 15) is 4.39 Å². The van der Waals surface area contributed by atoms with Crippen molar-refractivity contribution in [1.82, 2.24) is 19.6 Å². The van der Waals surface area contributed by atoms with Crippen molar-refractivity contribution in [3.63, 3.8) is 0 Å². The molecule has 0 saturated heterocycles. The second kappa shape index (κ2) is 6.78. The highest BCUT2D eigenvalue weighted by Gasteiger charge is 2.22. The Hall–Kier alpha value is -2.97. The van der Waals surface area contributed by atoms with Crippen LogP contribution in [0.2, 0.25) is 5.02 Å². The average Bonchev–Trinajstić information content (AvgIpc) is 3.48. The number of benzene rings is 1. The quantitative estimate of drug-likeness (QED) is 0.371. The Morgan fingerprint density at radius 1 is 1.23 bits per heavy atom. The molecule has 1 aliphatic carbocycles. The number of fused-ring (bicyclic) bond motifs is 5. The summed E-state index contributed by atoms with van der Waals surface area (Å²) < 4.78 is 26.4. The highest BCUT2D eigenvalue weighted by molar-refractivity contribution is 7.19. The summed E-state index contributed by atoms with van der Waals surface area (Å²) in [5.74, 6) is 1.60. The molecule has 5 aromatic rings. The Morgan fingerprint density at radius 3 is 3.07 bits per heavy atom. The van der Waals surface area contributed by atoms with E-state index < -0.39 is 5.82 Å². The summed E-state index contributed by atoms with van der Waals surface area (Å²) in [6.07, 6.45) is 5.05. The van der Waals surface area contributed by atoms with Gasteiger partial charge >= 0.3 is 0 Å². The third-order valence-corrected chi connectivity index (χ3v) is 6.68. The Balaban J connectivity index is 1.31. The maximum absolute atomic E-state index is 13.2. The monoisotopic (exact) mass is 440 g/mol. The molecule has 0 fully saturated rings. The van der Waals surface area contributed by atoms with Gasteiger partial charge in [0.05, 0.1) is 10.4 Å². The maximum atomic E-state index is 13.2. The highest BCUT2D eigenvalue weighted by atomic mass is 35.5. The summed E-state index contributed by atoms with van der Waals surface area (Å²) >= 11 is 7.75. The van der Waals surface area contributed by atoms with Crippen molar-refractivity contribution < 1.29 is 13.5 Å². The molecule has 9 heteroatoms. The predicted octanol–water partition coefficient (Wildman–Crippen LogP) is 5.46. The Morgan fingerprint density at radius 2 is 2.17 bits per heavy atom. The number of halogens is 2. The standard InChI is InChI=1S/C21H14ClFN4O2S/c22-14-8-11(23)4-6-15(14)28-9-12-5-7-16(29-12)19-25-20-18-13-2-1-3-17(13)30-21(18)24-10-27(20)26-19/h4-8,10H,1-3,9H2. The molecule has 0 radical (unpaired) electrons. The van der Waals surface area contributed by atoms with Crippen LogP contribution in [0.4, 0.5) is 4.39 Å². The Bertz CT molecular complexity index is 1420. The van der Waals surface area contributed by atoms with Gasteiger partial charge in [0, 0.05) is 4.88 Å². The number of ether oxygens (including phenoxy) is 1. The number of aromatic nitrogens is 4. The second-order valence-corrected chi connectivity index (χ2v) is 8.61. The van der Waals surface area contributed by atoms with Gasteiger partial charge in [-0.2, -0.15) is 0 Å². The van der Waals surface area contributed by atoms with Gasteiger partial charge in [0.2, 0.25) is 5.82 Å². The van der Waals surface area contributed by atoms with Crippen LogP contribution in [-0.4, -0.2) is 19.6 Å². The van der Waals surface area contributed by atoms with Gasteiger partial charge in [-0.05, 0) is 55.2 Å². The molecule has 0 saturated carbocycles. The van der Waals surface area contributed by atoms with Crippen molar-refractivity contribution in [3.05, 3.63) is 63.7 Å². The van der Waals surface area contributed by atoms with Crippen LogP contribution in [0.25, 0.3) is 27.4 Å². The fourth-order valence-electron chi connectivity index (χ4n) is 3.81. The first-order valence-corrected chi connectivity index (χ1v) is 10.7. The van der Waals surface area contributed by atoms with Gasteiger partial charge in [-0.1, -0.05) is 11.6 Å². The van der Waals surface area contributed by atoms with E-state index in [0.29, 0.717) is 23.1 Å². The Kier molecular flexibility index (Phi) is 4.04. The van der Waals surface area contributed by atoms with E-state index in [1.165, 1.54) is 35.1 Å². The summed E-state index contributed by atoms with van der Waals surface area (Å²) in [4.78, 5) is 11.7. The molecule has 4 heterocycles. The van der Waals surface area contributed by atoms with Gasteiger partial charge in [0.1, 0.15) is 35.1 Å². The highest BCUT2D eigenvalue weighted by Crippen LogP contribution is 2.38. The van der Waals surface area contributed by atoms with E-state index in [2.05, 4.69) is 10.1 Å². The maximum Gasteiger partial charge on any atom is 0.217 e. The summed E-state index contributed by atoms with van der Waals surface area (Å²) in [5, 5.41) is 5.86. The number of rotatable bonds is 4. The van der Waals surface area contributed by atoms with Crippen molar-refractivity contribution >= 4 is 38.8 Å². The molecule has 150 valence electrons. The van der Waals surface area contributed by atoms with Crippen LogP contribution >= 0.6 is 22.9 Å². The number of thiophene rings is 1. The molecular weight excluding hydrogens is 427 g/mol.